The van der Waals surface area contributed by atoms with Gasteiger partial charge in [0.05, 0.1) is 13.0 Å². The molecule has 2 heterocycles. The maximum atomic E-state index is 12.5. The van der Waals surface area contributed by atoms with Crippen molar-refractivity contribution in [3.05, 3.63) is 70.5 Å². The molecule has 0 saturated carbocycles. The molecule has 8 heteroatoms. The zero-order chi connectivity index (χ0) is 22.5. The van der Waals surface area contributed by atoms with Crippen LogP contribution in [0.4, 0.5) is 0 Å². The second-order valence-electron chi connectivity index (χ2n) is 8.06. The highest BCUT2D eigenvalue weighted by Gasteiger charge is 2.27. The minimum absolute atomic E-state index is 0.00310. The van der Waals surface area contributed by atoms with Gasteiger partial charge in [-0.1, -0.05) is 46.6 Å². The predicted molar refractivity (Wildman–Crippen MR) is 121 cm³/mol. The van der Waals surface area contributed by atoms with Crippen LogP contribution < -0.4 is 5.32 Å². The van der Waals surface area contributed by atoms with Gasteiger partial charge >= 0.3 is 0 Å². The molecule has 0 bridgehead atoms. The van der Waals surface area contributed by atoms with Crippen molar-refractivity contribution in [3.63, 3.8) is 0 Å². The Bertz CT molecular complexity index is 1070. The van der Waals surface area contributed by atoms with E-state index in [4.69, 9.17) is 16.1 Å². The molecule has 1 aliphatic heterocycles. The lowest BCUT2D eigenvalue weighted by molar-refractivity contribution is -0.133. The monoisotopic (exact) mass is 452 g/mol. The lowest BCUT2D eigenvalue weighted by atomic mass is 9.96. The second-order valence-corrected chi connectivity index (χ2v) is 8.50. The van der Waals surface area contributed by atoms with Crippen LogP contribution in [0.2, 0.25) is 5.02 Å². The van der Waals surface area contributed by atoms with E-state index in [2.05, 4.69) is 15.5 Å². The van der Waals surface area contributed by atoms with Crippen LogP contribution >= 0.6 is 11.6 Å². The van der Waals surface area contributed by atoms with Gasteiger partial charge in [-0.3, -0.25) is 9.59 Å². The number of aryl methyl sites for hydroxylation is 1. The van der Waals surface area contributed by atoms with Crippen LogP contribution in [-0.2, 0) is 16.0 Å². The topological polar surface area (TPSA) is 88.3 Å². The van der Waals surface area contributed by atoms with E-state index in [0.717, 1.165) is 24.0 Å². The van der Waals surface area contributed by atoms with E-state index < -0.39 is 0 Å². The highest BCUT2D eigenvalue weighted by molar-refractivity contribution is 6.30. The van der Waals surface area contributed by atoms with Gasteiger partial charge in [-0.25, -0.2) is 0 Å². The van der Waals surface area contributed by atoms with Gasteiger partial charge in [0, 0.05) is 29.6 Å². The fraction of sp³-hybridized carbons (Fsp3) is 0.333. The summed E-state index contributed by atoms with van der Waals surface area (Å²) < 4.78 is 5.44. The summed E-state index contributed by atoms with van der Waals surface area (Å²) in [5.41, 5.74) is 2.92. The smallest absolute Gasteiger partial charge is 0.257 e. The number of carbonyl (C=O) groups excluding carboxylic acids is 2. The summed E-state index contributed by atoms with van der Waals surface area (Å²) in [5, 5.41) is 7.49. The maximum absolute atomic E-state index is 12.5. The van der Waals surface area contributed by atoms with Gasteiger partial charge in [0.2, 0.25) is 11.8 Å². The molecule has 4 rings (SSSR count). The minimum Gasteiger partial charge on any atom is -0.347 e. The highest BCUT2D eigenvalue weighted by Crippen LogP contribution is 2.28. The highest BCUT2D eigenvalue weighted by atomic mass is 35.5. The molecule has 1 fully saturated rings. The summed E-state index contributed by atoms with van der Waals surface area (Å²) in [6.45, 7) is 3.23. The van der Waals surface area contributed by atoms with Crippen molar-refractivity contribution < 1.29 is 14.1 Å². The van der Waals surface area contributed by atoms with Gasteiger partial charge in [-0.15, -0.1) is 0 Å². The first-order valence-corrected chi connectivity index (χ1v) is 11.1. The summed E-state index contributed by atoms with van der Waals surface area (Å²) in [5.74, 6) is 1.08. The molecule has 1 saturated heterocycles. The lowest BCUT2D eigenvalue weighted by Gasteiger charge is -2.30. The van der Waals surface area contributed by atoms with E-state index in [0.29, 0.717) is 29.8 Å². The molecule has 32 heavy (non-hydrogen) atoms. The van der Waals surface area contributed by atoms with Crippen molar-refractivity contribution in [3.8, 4) is 11.5 Å². The van der Waals surface area contributed by atoms with Crippen molar-refractivity contribution >= 4 is 23.4 Å². The summed E-state index contributed by atoms with van der Waals surface area (Å²) in [4.78, 5) is 31.0. The number of halogens is 1. The van der Waals surface area contributed by atoms with Crippen molar-refractivity contribution in [2.24, 2.45) is 0 Å². The third-order valence-electron chi connectivity index (χ3n) is 5.67. The summed E-state index contributed by atoms with van der Waals surface area (Å²) in [6, 6.07) is 15.0. The predicted octanol–water partition coefficient (Wildman–Crippen LogP) is 3.76. The van der Waals surface area contributed by atoms with E-state index in [9.17, 15) is 9.59 Å². The normalized spacial score (nSPS) is 14.4. The third-order valence-corrected chi connectivity index (χ3v) is 5.92. The number of rotatable bonds is 6. The van der Waals surface area contributed by atoms with Gasteiger partial charge in [-0.2, -0.15) is 4.98 Å². The number of nitrogens with one attached hydrogen (secondary N) is 1. The Balaban J connectivity index is 1.23. The number of nitrogens with zero attached hydrogens (tertiary/aromatic N) is 3. The summed E-state index contributed by atoms with van der Waals surface area (Å²) in [6.07, 6.45) is 1.74. The lowest BCUT2D eigenvalue weighted by Crippen LogP contribution is -2.44. The number of hydrogen-bond donors (Lipinski definition) is 1. The maximum Gasteiger partial charge on any atom is 0.257 e. The molecule has 1 aromatic heterocycles. The number of benzene rings is 2. The number of likely N-dealkylation sites (tertiary alicyclic amines) is 1. The number of amides is 2. The molecule has 3 aromatic rings. The van der Waals surface area contributed by atoms with Crippen LogP contribution in [0.15, 0.2) is 53.1 Å². The Morgan fingerprint density at radius 3 is 2.47 bits per heavy atom. The molecule has 0 aliphatic carbocycles. The molecule has 0 unspecified atom stereocenters. The van der Waals surface area contributed by atoms with Crippen LogP contribution in [-0.4, -0.2) is 46.5 Å². The van der Waals surface area contributed by atoms with Crippen LogP contribution in [0.5, 0.6) is 0 Å². The van der Waals surface area contributed by atoms with Gasteiger partial charge < -0.3 is 14.7 Å². The Morgan fingerprint density at radius 1 is 1.09 bits per heavy atom. The van der Waals surface area contributed by atoms with Crippen molar-refractivity contribution in [1.82, 2.24) is 20.4 Å². The molecule has 1 aliphatic rings. The van der Waals surface area contributed by atoms with Crippen LogP contribution in [0.25, 0.3) is 11.5 Å². The van der Waals surface area contributed by atoms with Gasteiger partial charge in [-0.05, 0) is 49.6 Å². The zero-order valence-corrected chi connectivity index (χ0v) is 18.6. The molecule has 0 atom stereocenters. The minimum atomic E-state index is -0.189. The largest absolute Gasteiger partial charge is 0.347 e. The zero-order valence-electron chi connectivity index (χ0n) is 17.9. The number of piperidine rings is 1. The van der Waals surface area contributed by atoms with E-state index in [1.54, 1.807) is 29.2 Å². The molecule has 1 N–H and O–H groups in total. The molecule has 0 radical (unpaired) electrons. The quantitative estimate of drug-likeness (QED) is 0.615. The molecular weight excluding hydrogens is 428 g/mol. The second kappa shape index (κ2) is 9.96. The van der Waals surface area contributed by atoms with Gasteiger partial charge in [0.15, 0.2) is 5.82 Å². The van der Waals surface area contributed by atoms with Crippen LogP contribution in [0.1, 0.15) is 35.7 Å². The Labute approximate surface area is 191 Å². The average Bonchev–Trinajstić information content (AvgIpc) is 3.30. The van der Waals surface area contributed by atoms with Crippen molar-refractivity contribution in [2.75, 3.05) is 19.6 Å². The molecule has 0 spiro atoms. The Kier molecular flexibility index (Phi) is 6.85. The number of carbonyl (C=O) groups is 2. The first-order chi connectivity index (χ1) is 15.5. The van der Waals surface area contributed by atoms with Crippen LogP contribution in [0.3, 0.4) is 0 Å². The van der Waals surface area contributed by atoms with E-state index in [1.165, 1.54) is 5.56 Å². The molecule has 166 valence electrons. The SMILES string of the molecule is Cc1ccc(-c2nc(C3CCN(C(=O)CNC(=O)Cc4ccc(Cl)cc4)CC3)no2)cc1. The summed E-state index contributed by atoms with van der Waals surface area (Å²) in [7, 11) is 0. The van der Waals surface area contributed by atoms with E-state index in [-0.39, 0.29) is 30.7 Å². The van der Waals surface area contributed by atoms with Crippen molar-refractivity contribution in [2.45, 2.75) is 32.1 Å². The fourth-order valence-corrected chi connectivity index (χ4v) is 3.86. The first kappa shape index (κ1) is 22.0. The van der Waals surface area contributed by atoms with E-state index in [1.807, 2.05) is 31.2 Å². The van der Waals surface area contributed by atoms with Gasteiger partial charge in [0.1, 0.15) is 0 Å². The number of hydrogen-bond acceptors (Lipinski definition) is 5. The molecule has 2 aromatic carbocycles. The molecular formula is C24H25ClN4O3. The third kappa shape index (κ3) is 5.53. The van der Waals surface area contributed by atoms with Gasteiger partial charge in [0.25, 0.3) is 5.89 Å². The fourth-order valence-electron chi connectivity index (χ4n) is 3.74. The Hall–Kier alpha value is -3.19. The summed E-state index contributed by atoms with van der Waals surface area (Å²) >= 11 is 5.86. The number of aromatic nitrogens is 2. The molecule has 2 amide bonds. The Morgan fingerprint density at radius 2 is 1.78 bits per heavy atom. The average molecular weight is 453 g/mol. The van der Waals surface area contributed by atoms with Crippen LogP contribution in [0, 0.1) is 6.92 Å². The molecule has 7 nitrogen and oxygen atoms in total. The standard InChI is InChI=1S/C24H25ClN4O3/c1-16-2-6-19(7-3-16)24-27-23(28-32-24)18-10-12-29(13-11-18)22(31)15-26-21(30)14-17-4-8-20(25)9-5-17/h2-9,18H,10-15H2,1H3,(H,26,30). The first-order valence-electron chi connectivity index (χ1n) is 10.7. The van der Waals surface area contributed by atoms with E-state index >= 15 is 0 Å². The van der Waals surface area contributed by atoms with Crippen molar-refractivity contribution in [1.29, 1.82) is 0 Å².